The smallest absolute Gasteiger partial charge is 0.201 e. The average Bonchev–Trinajstić information content (AvgIpc) is 2.43. The molecule has 2 nitrogen and oxygen atoms in total. The van der Waals surface area contributed by atoms with Crippen molar-refractivity contribution in [1.82, 2.24) is 5.32 Å². The van der Waals surface area contributed by atoms with Crippen LogP contribution in [0.15, 0.2) is 36.4 Å². The third kappa shape index (κ3) is 4.16. The largest absolute Gasteiger partial charge is 0.454 e. The van der Waals surface area contributed by atoms with Crippen molar-refractivity contribution in [1.29, 1.82) is 0 Å². The maximum absolute atomic E-state index is 13.5. The molecule has 21 heavy (non-hydrogen) atoms. The van der Waals surface area contributed by atoms with Crippen LogP contribution in [0, 0.1) is 11.6 Å². The fraction of sp³-hybridized carbons (Fsp3) is 0.250. The molecule has 0 saturated carbocycles. The minimum atomic E-state index is -1.01. The molecule has 0 spiro atoms. The third-order valence-corrected chi connectivity index (χ3v) is 3.22. The molecule has 0 radical (unpaired) electrons. The van der Waals surface area contributed by atoms with Crippen LogP contribution in [0.1, 0.15) is 19.4 Å². The first kappa shape index (κ1) is 15.7. The first-order valence-electron chi connectivity index (χ1n) is 6.61. The van der Waals surface area contributed by atoms with E-state index < -0.39 is 11.6 Å². The molecule has 2 rings (SSSR count). The molecule has 0 aliphatic rings. The van der Waals surface area contributed by atoms with Crippen molar-refractivity contribution >= 4 is 11.6 Å². The van der Waals surface area contributed by atoms with Gasteiger partial charge in [-0.05, 0) is 29.8 Å². The van der Waals surface area contributed by atoms with Gasteiger partial charge in [-0.1, -0.05) is 37.6 Å². The van der Waals surface area contributed by atoms with E-state index in [0.29, 0.717) is 23.4 Å². The number of hydrogen-bond donors (Lipinski definition) is 1. The lowest BCUT2D eigenvalue weighted by atomic mass is 10.2. The number of benzene rings is 2. The van der Waals surface area contributed by atoms with Gasteiger partial charge in [-0.25, -0.2) is 4.39 Å². The molecule has 2 aromatic carbocycles. The van der Waals surface area contributed by atoms with E-state index in [1.807, 2.05) is 13.8 Å². The fourth-order valence-electron chi connectivity index (χ4n) is 1.74. The quantitative estimate of drug-likeness (QED) is 0.847. The lowest BCUT2D eigenvalue weighted by molar-refractivity contribution is 0.416. The van der Waals surface area contributed by atoms with Crippen molar-refractivity contribution in [2.75, 3.05) is 0 Å². The minimum absolute atomic E-state index is 0.167. The van der Waals surface area contributed by atoms with Gasteiger partial charge in [0.15, 0.2) is 11.6 Å². The van der Waals surface area contributed by atoms with Crippen LogP contribution in [0.2, 0.25) is 5.02 Å². The van der Waals surface area contributed by atoms with Crippen molar-refractivity contribution in [3.8, 4) is 11.5 Å². The van der Waals surface area contributed by atoms with Gasteiger partial charge in [-0.3, -0.25) is 0 Å². The lowest BCUT2D eigenvalue weighted by Gasteiger charge is -2.12. The first-order chi connectivity index (χ1) is 9.97. The van der Waals surface area contributed by atoms with Gasteiger partial charge < -0.3 is 10.1 Å². The summed E-state index contributed by atoms with van der Waals surface area (Å²) in [6, 6.07) is 9.19. The topological polar surface area (TPSA) is 21.3 Å². The number of ether oxygens (including phenoxy) is 1. The molecule has 0 aliphatic heterocycles. The Hall–Kier alpha value is -1.65. The van der Waals surface area contributed by atoms with Crippen LogP contribution < -0.4 is 10.1 Å². The zero-order valence-electron chi connectivity index (χ0n) is 11.8. The highest BCUT2D eigenvalue weighted by atomic mass is 35.5. The van der Waals surface area contributed by atoms with E-state index in [1.165, 1.54) is 12.1 Å². The Morgan fingerprint density at radius 2 is 1.95 bits per heavy atom. The second-order valence-corrected chi connectivity index (χ2v) is 5.35. The highest BCUT2D eigenvalue weighted by molar-refractivity contribution is 6.31. The maximum atomic E-state index is 13.5. The van der Waals surface area contributed by atoms with E-state index >= 15 is 0 Å². The summed E-state index contributed by atoms with van der Waals surface area (Å²) in [5.41, 5.74) is 0.914. The predicted molar refractivity (Wildman–Crippen MR) is 79.9 cm³/mol. The van der Waals surface area contributed by atoms with Crippen molar-refractivity contribution in [3.63, 3.8) is 0 Å². The first-order valence-corrected chi connectivity index (χ1v) is 6.99. The van der Waals surface area contributed by atoms with Gasteiger partial charge in [0.25, 0.3) is 0 Å². The summed E-state index contributed by atoms with van der Waals surface area (Å²) < 4.78 is 32.0. The van der Waals surface area contributed by atoms with Crippen molar-refractivity contribution in [3.05, 3.63) is 58.6 Å². The van der Waals surface area contributed by atoms with Crippen molar-refractivity contribution in [2.45, 2.75) is 26.4 Å². The maximum Gasteiger partial charge on any atom is 0.201 e. The van der Waals surface area contributed by atoms with E-state index in [-0.39, 0.29) is 5.75 Å². The summed E-state index contributed by atoms with van der Waals surface area (Å²) in [7, 11) is 0. The number of hydrogen-bond acceptors (Lipinski definition) is 2. The Balaban J connectivity index is 2.15. The van der Waals surface area contributed by atoms with E-state index in [2.05, 4.69) is 5.32 Å². The molecule has 0 bridgehead atoms. The van der Waals surface area contributed by atoms with Crippen molar-refractivity contribution in [2.24, 2.45) is 0 Å². The summed E-state index contributed by atoms with van der Waals surface area (Å²) in [5.74, 6) is -1.77. The third-order valence-electron chi connectivity index (χ3n) is 2.87. The van der Waals surface area contributed by atoms with Gasteiger partial charge in [-0.15, -0.1) is 0 Å². The Morgan fingerprint density at radius 1 is 1.19 bits per heavy atom. The summed E-state index contributed by atoms with van der Waals surface area (Å²) >= 11 is 6.16. The summed E-state index contributed by atoms with van der Waals surface area (Å²) in [6.07, 6.45) is 0. The zero-order valence-corrected chi connectivity index (χ0v) is 12.5. The molecule has 5 heteroatoms. The average molecular weight is 312 g/mol. The van der Waals surface area contributed by atoms with Gasteiger partial charge in [0.05, 0.1) is 0 Å². The highest BCUT2D eigenvalue weighted by Crippen LogP contribution is 2.29. The second kappa shape index (κ2) is 6.87. The van der Waals surface area contributed by atoms with Crippen LogP contribution in [0.5, 0.6) is 11.5 Å². The molecule has 0 atom stereocenters. The second-order valence-electron chi connectivity index (χ2n) is 4.94. The van der Waals surface area contributed by atoms with Gasteiger partial charge in [-0.2, -0.15) is 4.39 Å². The highest BCUT2D eigenvalue weighted by Gasteiger charge is 2.10. The SMILES string of the molecule is CC(C)NCc1ccc(Oc2cccc(F)c2F)cc1Cl. The van der Waals surface area contributed by atoms with Crippen molar-refractivity contribution < 1.29 is 13.5 Å². The molecular formula is C16H16ClF2NO. The normalized spacial score (nSPS) is 11.0. The van der Waals surface area contributed by atoms with E-state index in [0.717, 1.165) is 11.6 Å². The Kier molecular flexibility index (Phi) is 5.15. The standard InChI is InChI=1S/C16H16ClF2NO/c1-10(2)20-9-11-6-7-12(8-13(11)17)21-15-5-3-4-14(18)16(15)19/h3-8,10,20H,9H2,1-2H3. The lowest BCUT2D eigenvalue weighted by Crippen LogP contribution is -2.21. The number of halogens is 3. The van der Waals surface area contributed by atoms with Crippen LogP contribution in [0.3, 0.4) is 0 Å². The Labute approximate surface area is 127 Å². The fourth-order valence-corrected chi connectivity index (χ4v) is 1.98. The molecule has 0 fully saturated rings. The van der Waals surface area contributed by atoms with Gasteiger partial charge in [0.2, 0.25) is 5.82 Å². The molecule has 0 heterocycles. The molecule has 2 aromatic rings. The molecule has 0 aromatic heterocycles. The minimum Gasteiger partial charge on any atom is -0.454 e. The van der Waals surface area contributed by atoms with Crippen LogP contribution >= 0.6 is 11.6 Å². The molecule has 0 amide bonds. The monoisotopic (exact) mass is 311 g/mol. The summed E-state index contributed by atoms with van der Waals surface area (Å²) in [4.78, 5) is 0. The molecule has 0 aliphatic carbocycles. The summed E-state index contributed by atoms with van der Waals surface area (Å²) in [5, 5.41) is 3.77. The van der Waals surface area contributed by atoms with E-state index in [1.54, 1.807) is 18.2 Å². The van der Waals surface area contributed by atoms with Gasteiger partial charge in [0.1, 0.15) is 5.75 Å². The number of nitrogens with one attached hydrogen (secondary N) is 1. The van der Waals surface area contributed by atoms with Gasteiger partial charge >= 0.3 is 0 Å². The Bertz CT molecular complexity index is 632. The number of rotatable bonds is 5. The molecule has 112 valence electrons. The molecule has 1 N–H and O–H groups in total. The van der Waals surface area contributed by atoms with Crippen LogP contribution in [-0.4, -0.2) is 6.04 Å². The van der Waals surface area contributed by atoms with Gasteiger partial charge in [0, 0.05) is 17.6 Å². The molecular weight excluding hydrogens is 296 g/mol. The van der Waals surface area contributed by atoms with Crippen LogP contribution in [0.25, 0.3) is 0 Å². The van der Waals surface area contributed by atoms with E-state index in [9.17, 15) is 8.78 Å². The van der Waals surface area contributed by atoms with Crippen LogP contribution in [0.4, 0.5) is 8.78 Å². The molecule has 0 unspecified atom stereocenters. The molecule has 0 saturated heterocycles. The van der Waals surface area contributed by atoms with E-state index in [4.69, 9.17) is 16.3 Å². The van der Waals surface area contributed by atoms with Crippen LogP contribution in [-0.2, 0) is 6.54 Å². The predicted octanol–water partition coefficient (Wildman–Crippen LogP) is 4.91. The zero-order chi connectivity index (χ0) is 15.4. The summed E-state index contributed by atoms with van der Waals surface area (Å²) in [6.45, 7) is 4.71. The Morgan fingerprint density at radius 3 is 2.62 bits per heavy atom.